The van der Waals surface area contributed by atoms with Crippen LogP contribution in [0.3, 0.4) is 0 Å². The number of aliphatic carboxylic acids is 1. The molecule has 1 aromatic carbocycles. The molecule has 4 nitrogen and oxygen atoms in total. The van der Waals surface area contributed by atoms with Crippen LogP contribution in [-0.2, 0) is 4.79 Å². The first-order chi connectivity index (χ1) is 10.6. The van der Waals surface area contributed by atoms with Crippen molar-refractivity contribution in [3.63, 3.8) is 0 Å². The molecule has 1 saturated heterocycles. The Hall–Kier alpha value is -1.26. The van der Waals surface area contributed by atoms with Crippen molar-refractivity contribution in [1.29, 1.82) is 0 Å². The maximum absolute atomic E-state index is 11.5. The van der Waals surface area contributed by atoms with Gasteiger partial charge in [0.2, 0.25) is 0 Å². The zero-order valence-electron chi connectivity index (χ0n) is 13.2. The summed E-state index contributed by atoms with van der Waals surface area (Å²) < 4.78 is 5.48. The Morgan fingerprint density at radius 2 is 2.32 bits per heavy atom. The number of carbonyl (C=O) groups is 1. The number of benzene rings is 1. The molecule has 22 heavy (non-hydrogen) atoms. The van der Waals surface area contributed by atoms with Gasteiger partial charge in [-0.1, -0.05) is 31.4 Å². The van der Waals surface area contributed by atoms with Crippen LogP contribution in [0.4, 0.5) is 0 Å². The molecular formula is C17H24ClNO3. The van der Waals surface area contributed by atoms with Gasteiger partial charge in [-0.25, -0.2) is 0 Å². The number of methoxy groups -OCH3 is 1. The van der Waals surface area contributed by atoms with E-state index in [1.165, 1.54) is 0 Å². The second kappa shape index (κ2) is 7.84. The minimum atomic E-state index is -0.736. The van der Waals surface area contributed by atoms with Gasteiger partial charge < -0.3 is 9.84 Å². The monoisotopic (exact) mass is 325 g/mol. The van der Waals surface area contributed by atoms with Gasteiger partial charge in [-0.15, -0.1) is 0 Å². The molecule has 2 unspecified atom stereocenters. The van der Waals surface area contributed by atoms with E-state index in [4.69, 9.17) is 16.3 Å². The quantitative estimate of drug-likeness (QED) is 0.819. The van der Waals surface area contributed by atoms with Crippen LogP contribution in [-0.4, -0.2) is 35.7 Å². The number of carboxylic acid groups (broad SMARTS) is 1. The average molecular weight is 326 g/mol. The normalized spacial score (nSPS) is 20.0. The fourth-order valence-corrected chi connectivity index (χ4v) is 3.47. The molecule has 0 aliphatic carbocycles. The number of hydrogen-bond donors (Lipinski definition) is 1. The summed E-state index contributed by atoms with van der Waals surface area (Å²) in [6.45, 7) is 2.95. The number of ether oxygens (including phenoxy) is 1. The molecule has 1 aromatic rings. The Labute approximate surface area is 137 Å². The Kier molecular flexibility index (Phi) is 6.09. The van der Waals surface area contributed by atoms with Gasteiger partial charge in [0.05, 0.1) is 7.11 Å². The van der Waals surface area contributed by atoms with E-state index in [1.807, 2.05) is 12.1 Å². The first kappa shape index (κ1) is 17.1. The summed E-state index contributed by atoms with van der Waals surface area (Å²) in [4.78, 5) is 13.6. The predicted molar refractivity (Wildman–Crippen MR) is 87.6 cm³/mol. The van der Waals surface area contributed by atoms with E-state index in [2.05, 4.69) is 11.8 Å². The van der Waals surface area contributed by atoms with E-state index in [0.29, 0.717) is 11.4 Å². The molecule has 122 valence electrons. The van der Waals surface area contributed by atoms with Gasteiger partial charge in [-0.05, 0) is 44.0 Å². The molecule has 5 heteroatoms. The standard InChI is InChI=1S/C17H24ClNO3/c1-3-4-6-14(19-10-5-7-15(19)17(20)21)13-11-12(18)8-9-16(13)22-2/h8-9,11,14-15H,3-7,10H2,1-2H3,(H,20,21). The van der Waals surface area contributed by atoms with Gasteiger partial charge in [-0.3, -0.25) is 9.69 Å². The average Bonchev–Trinajstić information content (AvgIpc) is 2.97. The molecule has 1 heterocycles. The van der Waals surface area contributed by atoms with Crippen molar-refractivity contribution in [2.75, 3.05) is 13.7 Å². The predicted octanol–water partition coefficient (Wildman–Crippen LogP) is 4.13. The van der Waals surface area contributed by atoms with Gasteiger partial charge in [0.25, 0.3) is 0 Å². The summed E-state index contributed by atoms with van der Waals surface area (Å²) in [6, 6.07) is 5.21. The number of rotatable bonds is 7. The van der Waals surface area contributed by atoms with Gasteiger partial charge in [0.1, 0.15) is 11.8 Å². The molecule has 1 aliphatic heterocycles. The highest BCUT2D eigenvalue weighted by atomic mass is 35.5. The lowest BCUT2D eigenvalue weighted by Gasteiger charge is -2.32. The zero-order valence-corrected chi connectivity index (χ0v) is 14.0. The molecular weight excluding hydrogens is 302 g/mol. The lowest BCUT2D eigenvalue weighted by Crippen LogP contribution is -2.39. The molecule has 0 radical (unpaired) electrons. The van der Waals surface area contributed by atoms with E-state index in [-0.39, 0.29) is 6.04 Å². The molecule has 0 aromatic heterocycles. The van der Waals surface area contributed by atoms with Crippen molar-refractivity contribution < 1.29 is 14.6 Å². The third-order valence-electron chi connectivity index (χ3n) is 4.36. The SMILES string of the molecule is CCCCC(c1cc(Cl)ccc1OC)N1CCCC1C(=O)O. The number of halogens is 1. The summed E-state index contributed by atoms with van der Waals surface area (Å²) >= 11 is 6.17. The van der Waals surface area contributed by atoms with Gasteiger partial charge in [-0.2, -0.15) is 0 Å². The van der Waals surface area contributed by atoms with Crippen molar-refractivity contribution in [1.82, 2.24) is 4.90 Å². The third kappa shape index (κ3) is 3.73. The molecule has 1 fully saturated rings. The second-order valence-corrected chi connectivity index (χ2v) is 6.21. The Morgan fingerprint density at radius 1 is 1.55 bits per heavy atom. The van der Waals surface area contributed by atoms with E-state index < -0.39 is 12.0 Å². The summed E-state index contributed by atoms with van der Waals surface area (Å²) in [5.74, 6) is 0.0431. The number of likely N-dealkylation sites (tertiary alicyclic amines) is 1. The van der Waals surface area contributed by atoms with E-state index in [0.717, 1.165) is 43.5 Å². The minimum absolute atomic E-state index is 0.0391. The van der Waals surface area contributed by atoms with Crippen LogP contribution in [0, 0.1) is 0 Å². The highest BCUT2D eigenvalue weighted by Gasteiger charge is 2.36. The molecule has 0 bridgehead atoms. The third-order valence-corrected chi connectivity index (χ3v) is 4.60. The van der Waals surface area contributed by atoms with E-state index in [9.17, 15) is 9.90 Å². The Balaban J connectivity index is 2.37. The first-order valence-corrected chi connectivity index (χ1v) is 8.28. The maximum Gasteiger partial charge on any atom is 0.320 e. The van der Waals surface area contributed by atoms with Gasteiger partial charge >= 0.3 is 5.97 Å². The van der Waals surface area contributed by atoms with Crippen LogP contribution in [0.1, 0.15) is 50.6 Å². The van der Waals surface area contributed by atoms with Crippen LogP contribution in [0.2, 0.25) is 5.02 Å². The summed E-state index contributed by atoms with van der Waals surface area (Å²) in [5, 5.41) is 10.1. The van der Waals surface area contributed by atoms with Crippen LogP contribution in [0.5, 0.6) is 5.75 Å². The fraction of sp³-hybridized carbons (Fsp3) is 0.588. The molecule has 0 saturated carbocycles. The van der Waals surface area contributed by atoms with Crippen molar-refractivity contribution in [3.05, 3.63) is 28.8 Å². The molecule has 1 N–H and O–H groups in total. The topological polar surface area (TPSA) is 49.8 Å². The summed E-state index contributed by atoms with van der Waals surface area (Å²) in [5.41, 5.74) is 0.997. The largest absolute Gasteiger partial charge is 0.496 e. The van der Waals surface area contributed by atoms with Crippen LogP contribution in [0.25, 0.3) is 0 Å². The molecule has 1 aliphatic rings. The zero-order chi connectivity index (χ0) is 16.1. The summed E-state index contributed by atoms with van der Waals surface area (Å²) in [7, 11) is 1.64. The number of nitrogens with zero attached hydrogens (tertiary/aromatic N) is 1. The summed E-state index contributed by atoms with van der Waals surface area (Å²) in [6.07, 6.45) is 4.66. The molecule has 2 atom stereocenters. The molecule has 0 spiro atoms. The van der Waals surface area contributed by atoms with Crippen molar-refractivity contribution in [2.45, 2.75) is 51.1 Å². The minimum Gasteiger partial charge on any atom is -0.496 e. The number of carboxylic acids is 1. The highest BCUT2D eigenvalue weighted by Crippen LogP contribution is 2.38. The lowest BCUT2D eigenvalue weighted by atomic mass is 9.97. The number of hydrogen-bond acceptors (Lipinski definition) is 3. The second-order valence-electron chi connectivity index (χ2n) is 5.78. The van der Waals surface area contributed by atoms with Crippen LogP contribution >= 0.6 is 11.6 Å². The molecule has 0 amide bonds. The van der Waals surface area contributed by atoms with Gasteiger partial charge in [0, 0.05) is 16.6 Å². The Bertz CT molecular complexity index is 521. The van der Waals surface area contributed by atoms with E-state index >= 15 is 0 Å². The molecule has 2 rings (SSSR count). The van der Waals surface area contributed by atoms with Crippen molar-refractivity contribution >= 4 is 17.6 Å². The van der Waals surface area contributed by atoms with Crippen molar-refractivity contribution in [2.24, 2.45) is 0 Å². The first-order valence-electron chi connectivity index (χ1n) is 7.90. The van der Waals surface area contributed by atoms with E-state index in [1.54, 1.807) is 13.2 Å². The highest BCUT2D eigenvalue weighted by molar-refractivity contribution is 6.30. The maximum atomic E-state index is 11.5. The fourth-order valence-electron chi connectivity index (χ4n) is 3.29. The Morgan fingerprint density at radius 3 is 2.95 bits per heavy atom. The van der Waals surface area contributed by atoms with Crippen LogP contribution < -0.4 is 4.74 Å². The smallest absolute Gasteiger partial charge is 0.320 e. The lowest BCUT2D eigenvalue weighted by molar-refractivity contribution is -0.143. The van der Waals surface area contributed by atoms with Crippen molar-refractivity contribution in [3.8, 4) is 5.75 Å². The van der Waals surface area contributed by atoms with Gasteiger partial charge in [0.15, 0.2) is 0 Å². The number of unbranched alkanes of at least 4 members (excludes halogenated alkanes) is 1. The van der Waals surface area contributed by atoms with Crippen LogP contribution in [0.15, 0.2) is 18.2 Å².